The van der Waals surface area contributed by atoms with E-state index in [1.54, 1.807) is 38.1 Å². The minimum absolute atomic E-state index is 0.204. The number of hydrogen-bond acceptors (Lipinski definition) is 9. The van der Waals surface area contributed by atoms with Crippen molar-refractivity contribution in [2.75, 3.05) is 47.6 Å². The zero-order chi connectivity index (χ0) is 29.9. The first kappa shape index (κ1) is 31.4. The molecule has 1 aromatic heterocycles. The zero-order valence-corrected chi connectivity index (χ0v) is 25.3. The van der Waals surface area contributed by atoms with Gasteiger partial charge in [0.15, 0.2) is 11.5 Å². The number of unbranched alkanes of at least 4 members (excludes halogenated alkanes) is 2. The van der Waals surface area contributed by atoms with Crippen LogP contribution in [0, 0.1) is 0 Å². The summed E-state index contributed by atoms with van der Waals surface area (Å²) >= 11 is 0. The van der Waals surface area contributed by atoms with E-state index in [1.165, 1.54) is 11.1 Å². The van der Waals surface area contributed by atoms with Crippen LogP contribution in [-0.4, -0.2) is 78.3 Å². The number of hydrogen-bond donors (Lipinski definition) is 2. The van der Waals surface area contributed by atoms with Crippen molar-refractivity contribution in [3.63, 3.8) is 0 Å². The molecular formula is C29H39N5O7P+. The number of nitrogens with one attached hydrogen (secondary N) is 1. The van der Waals surface area contributed by atoms with Crippen LogP contribution < -0.4 is 19.5 Å². The molecule has 0 saturated heterocycles. The summed E-state index contributed by atoms with van der Waals surface area (Å²) in [6.45, 7) is 3.59. The second-order valence-corrected chi connectivity index (χ2v) is 10.8. The number of methoxy groups -OCH3 is 3. The van der Waals surface area contributed by atoms with Crippen molar-refractivity contribution in [3.8, 4) is 22.9 Å². The number of carbonyl (C=O) groups is 1. The number of rotatable bonds is 16. The van der Waals surface area contributed by atoms with Crippen LogP contribution in [0.2, 0.25) is 0 Å². The lowest BCUT2D eigenvalue weighted by molar-refractivity contribution is 0.0949. The van der Waals surface area contributed by atoms with Gasteiger partial charge < -0.3 is 19.5 Å². The summed E-state index contributed by atoms with van der Waals surface area (Å²) < 4.78 is 33.2. The van der Waals surface area contributed by atoms with E-state index < -0.39 is 8.25 Å². The van der Waals surface area contributed by atoms with E-state index in [0.717, 1.165) is 62.5 Å². The summed E-state index contributed by atoms with van der Waals surface area (Å²) in [5.41, 5.74) is 4.48. The van der Waals surface area contributed by atoms with Gasteiger partial charge >= 0.3 is 8.25 Å². The van der Waals surface area contributed by atoms with Gasteiger partial charge in [-0.1, -0.05) is 5.21 Å². The molecule has 2 heterocycles. The number of benzene rings is 2. The van der Waals surface area contributed by atoms with E-state index in [9.17, 15) is 9.36 Å². The average molecular weight is 601 g/mol. The molecule has 0 bridgehead atoms. The Morgan fingerprint density at radius 3 is 2.50 bits per heavy atom. The standard InChI is InChI=1S/C29H38N5O7P/c1-38-26-10-9-24(34-20-23(31-32-34)8-4-7-15-41-42(36)37)18-25(26)29(35)30-12-5-6-13-33-14-11-21-16-27(39-2)28(40-3)17-22(21)19-33/h9-10,16-18,20H,4-8,11-15,19H2,1-3H3,(H-,30,35,36,37)/p+1. The summed E-state index contributed by atoms with van der Waals surface area (Å²) in [5.74, 6) is 1.81. The first-order valence-electron chi connectivity index (χ1n) is 14.0. The predicted octanol–water partition coefficient (Wildman–Crippen LogP) is 3.85. The van der Waals surface area contributed by atoms with Gasteiger partial charge in [-0.15, -0.1) is 14.5 Å². The van der Waals surface area contributed by atoms with Crippen molar-refractivity contribution >= 4 is 14.2 Å². The minimum atomic E-state index is -2.56. The number of aromatic nitrogens is 3. The molecule has 1 aliphatic rings. The van der Waals surface area contributed by atoms with Gasteiger partial charge in [-0.2, -0.15) is 0 Å². The highest BCUT2D eigenvalue weighted by molar-refractivity contribution is 7.32. The summed E-state index contributed by atoms with van der Waals surface area (Å²) in [6, 6.07) is 9.47. The van der Waals surface area contributed by atoms with E-state index in [-0.39, 0.29) is 12.5 Å². The lowest BCUT2D eigenvalue weighted by atomic mass is 9.98. The van der Waals surface area contributed by atoms with Crippen LogP contribution in [0.4, 0.5) is 0 Å². The molecule has 13 heteroatoms. The van der Waals surface area contributed by atoms with Crippen LogP contribution in [-0.2, 0) is 28.5 Å². The molecule has 1 aliphatic heterocycles. The van der Waals surface area contributed by atoms with Crippen molar-refractivity contribution in [3.05, 3.63) is 58.9 Å². The number of carbonyl (C=O) groups excluding carboxylic acids is 1. The van der Waals surface area contributed by atoms with Gasteiger partial charge in [-0.3, -0.25) is 9.69 Å². The van der Waals surface area contributed by atoms with E-state index >= 15 is 0 Å². The minimum Gasteiger partial charge on any atom is -0.496 e. The van der Waals surface area contributed by atoms with Crippen LogP contribution in [0.15, 0.2) is 36.5 Å². The molecule has 0 radical (unpaired) electrons. The van der Waals surface area contributed by atoms with E-state index in [4.69, 9.17) is 19.1 Å². The number of aryl methyl sites for hydroxylation is 1. The number of amides is 1. The molecule has 0 saturated carbocycles. The topological polar surface area (TPSA) is 137 Å². The first-order chi connectivity index (χ1) is 20.4. The van der Waals surface area contributed by atoms with Crippen LogP contribution in [0.25, 0.3) is 5.69 Å². The Hall–Kier alpha value is -3.57. The van der Waals surface area contributed by atoms with Gasteiger partial charge in [-0.05, 0) is 86.5 Å². The third-order valence-corrected chi connectivity index (χ3v) is 7.65. The van der Waals surface area contributed by atoms with E-state index in [2.05, 4.69) is 37.2 Å². The molecule has 3 aromatic rings. The van der Waals surface area contributed by atoms with Gasteiger partial charge in [0.05, 0.1) is 44.5 Å². The quantitative estimate of drug-likeness (QED) is 0.184. The Labute approximate surface area is 246 Å². The smallest absolute Gasteiger partial charge is 0.496 e. The van der Waals surface area contributed by atoms with E-state index in [0.29, 0.717) is 36.4 Å². The molecule has 0 spiro atoms. The molecular weight excluding hydrogens is 561 g/mol. The molecule has 0 aliphatic carbocycles. The Balaban J connectivity index is 1.24. The molecule has 0 fully saturated rings. The third kappa shape index (κ3) is 8.48. The van der Waals surface area contributed by atoms with Crippen LogP contribution >= 0.6 is 8.25 Å². The van der Waals surface area contributed by atoms with Gasteiger partial charge in [-0.25, -0.2) is 4.68 Å². The van der Waals surface area contributed by atoms with Crippen LogP contribution in [0.1, 0.15) is 52.9 Å². The fourth-order valence-corrected chi connectivity index (χ4v) is 5.28. The van der Waals surface area contributed by atoms with Crippen molar-refractivity contribution in [2.24, 2.45) is 0 Å². The van der Waals surface area contributed by atoms with Crippen LogP contribution in [0.3, 0.4) is 0 Å². The normalized spacial score (nSPS) is 13.4. The van der Waals surface area contributed by atoms with Gasteiger partial charge in [0, 0.05) is 24.2 Å². The van der Waals surface area contributed by atoms with Gasteiger partial charge in [0.25, 0.3) is 5.91 Å². The van der Waals surface area contributed by atoms with E-state index in [1.807, 2.05) is 12.3 Å². The predicted molar refractivity (Wildman–Crippen MR) is 157 cm³/mol. The SMILES string of the molecule is COc1cc2c(cc1OC)CN(CCCCNC(=O)c1cc(-n3cc(CCCCO[P+](=O)O)nn3)ccc1OC)CC2. The number of ether oxygens (including phenoxy) is 3. The number of nitrogens with zero attached hydrogens (tertiary/aromatic N) is 4. The molecule has 12 nitrogen and oxygen atoms in total. The second-order valence-electron chi connectivity index (χ2n) is 10.0. The van der Waals surface area contributed by atoms with Crippen molar-refractivity contribution in [2.45, 2.75) is 45.1 Å². The third-order valence-electron chi connectivity index (χ3n) is 7.25. The Morgan fingerprint density at radius 2 is 1.76 bits per heavy atom. The lowest BCUT2D eigenvalue weighted by Gasteiger charge is -2.29. The Kier molecular flexibility index (Phi) is 11.7. The summed E-state index contributed by atoms with van der Waals surface area (Å²) in [5, 5.41) is 11.4. The highest BCUT2D eigenvalue weighted by Gasteiger charge is 2.20. The monoisotopic (exact) mass is 600 g/mol. The zero-order valence-electron chi connectivity index (χ0n) is 24.4. The summed E-state index contributed by atoms with van der Waals surface area (Å²) in [6.07, 6.45) is 6.64. The molecule has 1 atom stereocenters. The molecule has 42 heavy (non-hydrogen) atoms. The lowest BCUT2D eigenvalue weighted by Crippen LogP contribution is -2.32. The fraction of sp³-hybridized carbons (Fsp3) is 0.483. The van der Waals surface area contributed by atoms with Gasteiger partial charge in [0.1, 0.15) is 12.4 Å². The van der Waals surface area contributed by atoms with Crippen molar-refractivity contribution < 1.29 is 33.0 Å². The fourth-order valence-electron chi connectivity index (χ4n) is 5.00. The maximum Gasteiger partial charge on any atom is 0.694 e. The van der Waals surface area contributed by atoms with Crippen molar-refractivity contribution in [1.82, 2.24) is 25.2 Å². The molecule has 4 rings (SSSR count). The molecule has 1 unspecified atom stereocenters. The average Bonchev–Trinajstić information content (AvgIpc) is 3.48. The molecule has 226 valence electrons. The molecule has 2 N–H and O–H groups in total. The summed E-state index contributed by atoms with van der Waals surface area (Å²) in [7, 11) is 2.29. The van der Waals surface area contributed by atoms with Crippen LogP contribution in [0.5, 0.6) is 17.2 Å². The maximum atomic E-state index is 13.1. The highest BCUT2D eigenvalue weighted by atomic mass is 31.1. The highest BCUT2D eigenvalue weighted by Crippen LogP contribution is 2.33. The first-order valence-corrected chi connectivity index (χ1v) is 15.2. The number of fused-ring (bicyclic) bond motifs is 1. The van der Waals surface area contributed by atoms with Gasteiger partial charge in [0.2, 0.25) is 0 Å². The summed E-state index contributed by atoms with van der Waals surface area (Å²) in [4.78, 5) is 24.2. The van der Waals surface area contributed by atoms with Crippen molar-refractivity contribution in [1.29, 1.82) is 0 Å². The Bertz CT molecular complexity index is 1370. The maximum absolute atomic E-state index is 13.1. The second kappa shape index (κ2) is 15.6. The largest absolute Gasteiger partial charge is 0.694 e. The molecule has 1 amide bonds. The molecule has 2 aromatic carbocycles. The Morgan fingerprint density at radius 1 is 1.00 bits per heavy atom.